The number of alkyl halides is 1. The number of aromatic amines is 1. The minimum atomic E-state index is -0.0774. The zero-order valence-corrected chi connectivity index (χ0v) is 9.10. The van der Waals surface area contributed by atoms with Crippen LogP contribution in [0, 0.1) is 0 Å². The fourth-order valence-corrected chi connectivity index (χ4v) is 1.12. The average molecular weight is 245 g/mol. The van der Waals surface area contributed by atoms with Gasteiger partial charge in [-0.3, -0.25) is 4.79 Å². The van der Waals surface area contributed by atoms with Gasteiger partial charge in [0, 0.05) is 18.9 Å². The number of carbonyl (C=O) groups is 1. The van der Waals surface area contributed by atoms with Crippen LogP contribution in [-0.4, -0.2) is 15.7 Å². The van der Waals surface area contributed by atoms with Gasteiger partial charge in [-0.05, 0) is 18.1 Å². The molecule has 4 heteroatoms. The second kappa shape index (κ2) is 5.07. The van der Waals surface area contributed by atoms with Gasteiger partial charge in [0.15, 0.2) is 0 Å². The van der Waals surface area contributed by atoms with Gasteiger partial charge >= 0.3 is 0 Å². The summed E-state index contributed by atoms with van der Waals surface area (Å²) in [5.74, 6) is 0.0451. The van der Waals surface area contributed by atoms with Crippen LogP contribution >= 0.6 is 15.9 Å². The van der Waals surface area contributed by atoms with Crippen molar-refractivity contribution in [2.24, 2.45) is 0 Å². The van der Waals surface area contributed by atoms with Crippen molar-refractivity contribution in [3.05, 3.63) is 24.0 Å². The Bertz CT molecular complexity index is 259. The highest BCUT2D eigenvalue weighted by atomic mass is 79.9. The number of amides is 1. The van der Waals surface area contributed by atoms with Gasteiger partial charge in [0.2, 0.25) is 5.91 Å². The first-order valence-corrected chi connectivity index (χ1v) is 5.19. The summed E-state index contributed by atoms with van der Waals surface area (Å²) in [6.07, 6.45) is 4.52. The van der Waals surface area contributed by atoms with Crippen LogP contribution in [0.3, 0.4) is 0 Å². The molecule has 1 atom stereocenters. The molecule has 0 aromatic carbocycles. The molecule has 0 aliphatic heterocycles. The van der Waals surface area contributed by atoms with Crippen LogP contribution in [0.4, 0.5) is 0 Å². The lowest BCUT2D eigenvalue weighted by atomic mass is 10.3. The maximum atomic E-state index is 11.3. The lowest BCUT2D eigenvalue weighted by Gasteiger charge is -2.07. The largest absolute Gasteiger partial charge is 0.367 e. The van der Waals surface area contributed by atoms with Gasteiger partial charge in [-0.15, -0.1) is 0 Å². The van der Waals surface area contributed by atoms with Crippen LogP contribution in [0.25, 0.3) is 0 Å². The number of hydrogen-bond donors (Lipinski definition) is 2. The number of halogens is 1. The SMILES string of the molecule is CCC(Br)C(=O)NCc1cc[nH]c1. The number of rotatable bonds is 4. The molecule has 1 aromatic rings. The highest BCUT2D eigenvalue weighted by molar-refractivity contribution is 9.10. The quantitative estimate of drug-likeness (QED) is 0.780. The van der Waals surface area contributed by atoms with Gasteiger partial charge in [0.25, 0.3) is 0 Å². The monoisotopic (exact) mass is 244 g/mol. The summed E-state index contributed by atoms with van der Waals surface area (Å²) in [7, 11) is 0. The molecule has 2 N–H and O–H groups in total. The molecular formula is C9H13BrN2O. The first-order valence-electron chi connectivity index (χ1n) is 4.27. The van der Waals surface area contributed by atoms with E-state index in [9.17, 15) is 4.79 Å². The minimum absolute atomic E-state index is 0.0451. The van der Waals surface area contributed by atoms with E-state index >= 15 is 0 Å². The van der Waals surface area contributed by atoms with E-state index in [2.05, 4.69) is 26.2 Å². The van der Waals surface area contributed by atoms with Crippen molar-refractivity contribution in [3.8, 4) is 0 Å². The van der Waals surface area contributed by atoms with E-state index in [1.54, 1.807) is 0 Å². The van der Waals surface area contributed by atoms with E-state index in [1.807, 2.05) is 25.4 Å². The molecule has 0 radical (unpaired) electrons. The number of carbonyl (C=O) groups excluding carboxylic acids is 1. The Morgan fingerprint density at radius 2 is 2.54 bits per heavy atom. The molecule has 0 bridgehead atoms. The van der Waals surface area contributed by atoms with Gasteiger partial charge in [-0.1, -0.05) is 22.9 Å². The lowest BCUT2D eigenvalue weighted by Crippen LogP contribution is -2.29. The van der Waals surface area contributed by atoms with Crippen LogP contribution in [-0.2, 0) is 11.3 Å². The van der Waals surface area contributed by atoms with E-state index in [-0.39, 0.29) is 10.7 Å². The summed E-state index contributed by atoms with van der Waals surface area (Å²) in [5, 5.41) is 2.83. The van der Waals surface area contributed by atoms with Gasteiger partial charge < -0.3 is 10.3 Å². The van der Waals surface area contributed by atoms with Crippen molar-refractivity contribution in [2.75, 3.05) is 0 Å². The lowest BCUT2D eigenvalue weighted by molar-refractivity contribution is -0.120. The van der Waals surface area contributed by atoms with Crippen molar-refractivity contribution in [1.29, 1.82) is 0 Å². The highest BCUT2D eigenvalue weighted by Gasteiger charge is 2.10. The molecule has 72 valence electrons. The standard InChI is InChI=1S/C9H13BrN2O/c1-2-8(10)9(13)12-6-7-3-4-11-5-7/h3-5,8,11H,2,6H2,1H3,(H,12,13). The van der Waals surface area contributed by atoms with Crippen LogP contribution in [0.1, 0.15) is 18.9 Å². The Kier molecular flexibility index (Phi) is 4.02. The van der Waals surface area contributed by atoms with Crippen LogP contribution in [0.2, 0.25) is 0 Å². The highest BCUT2D eigenvalue weighted by Crippen LogP contribution is 2.04. The summed E-state index contributed by atoms with van der Waals surface area (Å²) >= 11 is 3.29. The molecule has 1 unspecified atom stereocenters. The molecule has 1 amide bonds. The molecule has 0 fully saturated rings. The smallest absolute Gasteiger partial charge is 0.234 e. The molecule has 0 saturated heterocycles. The van der Waals surface area contributed by atoms with Crippen molar-refractivity contribution in [3.63, 3.8) is 0 Å². The van der Waals surface area contributed by atoms with E-state index in [4.69, 9.17) is 0 Å². The van der Waals surface area contributed by atoms with Crippen molar-refractivity contribution in [1.82, 2.24) is 10.3 Å². The zero-order chi connectivity index (χ0) is 9.68. The van der Waals surface area contributed by atoms with E-state index < -0.39 is 0 Å². The molecule has 0 aliphatic carbocycles. The summed E-state index contributed by atoms with van der Waals surface area (Å²) in [4.78, 5) is 14.2. The average Bonchev–Trinajstić information content (AvgIpc) is 2.65. The third-order valence-electron chi connectivity index (χ3n) is 1.77. The van der Waals surface area contributed by atoms with Gasteiger partial charge in [-0.2, -0.15) is 0 Å². The fraction of sp³-hybridized carbons (Fsp3) is 0.444. The molecule has 3 nitrogen and oxygen atoms in total. The molecular weight excluding hydrogens is 232 g/mol. The third-order valence-corrected chi connectivity index (χ3v) is 2.84. The van der Waals surface area contributed by atoms with Gasteiger partial charge in [0.1, 0.15) is 0 Å². The summed E-state index contributed by atoms with van der Waals surface area (Å²) in [5.41, 5.74) is 1.09. The Hall–Kier alpha value is -0.770. The number of hydrogen-bond acceptors (Lipinski definition) is 1. The Morgan fingerprint density at radius 3 is 3.08 bits per heavy atom. The van der Waals surface area contributed by atoms with E-state index in [1.165, 1.54) is 0 Å². The molecule has 1 rings (SSSR count). The Morgan fingerprint density at radius 1 is 1.77 bits per heavy atom. The molecule has 1 aromatic heterocycles. The Labute approximate surface area is 86.0 Å². The molecule has 0 aliphatic rings. The zero-order valence-electron chi connectivity index (χ0n) is 7.51. The maximum absolute atomic E-state index is 11.3. The summed E-state index contributed by atoms with van der Waals surface area (Å²) in [6.45, 7) is 2.56. The number of aromatic nitrogens is 1. The third kappa shape index (κ3) is 3.22. The molecule has 1 heterocycles. The maximum Gasteiger partial charge on any atom is 0.234 e. The van der Waals surface area contributed by atoms with Gasteiger partial charge in [-0.25, -0.2) is 0 Å². The molecule has 0 saturated carbocycles. The van der Waals surface area contributed by atoms with E-state index in [0.29, 0.717) is 6.54 Å². The van der Waals surface area contributed by atoms with Crippen molar-refractivity contribution < 1.29 is 4.79 Å². The first kappa shape index (κ1) is 10.3. The van der Waals surface area contributed by atoms with Gasteiger partial charge in [0.05, 0.1) is 4.83 Å². The second-order valence-electron chi connectivity index (χ2n) is 2.81. The van der Waals surface area contributed by atoms with Crippen LogP contribution in [0.5, 0.6) is 0 Å². The number of nitrogens with one attached hydrogen (secondary N) is 2. The topological polar surface area (TPSA) is 44.9 Å². The van der Waals surface area contributed by atoms with Crippen LogP contribution in [0.15, 0.2) is 18.5 Å². The predicted molar refractivity (Wildman–Crippen MR) is 55.6 cm³/mol. The summed E-state index contributed by atoms with van der Waals surface area (Å²) < 4.78 is 0. The van der Waals surface area contributed by atoms with E-state index in [0.717, 1.165) is 12.0 Å². The predicted octanol–water partition coefficient (Wildman–Crippen LogP) is 1.80. The fourth-order valence-electron chi connectivity index (χ4n) is 0.954. The van der Waals surface area contributed by atoms with Crippen molar-refractivity contribution in [2.45, 2.75) is 24.7 Å². The normalized spacial score (nSPS) is 12.5. The minimum Gasteiger partial charge on any atom is -0.367 e. The number of H-pyrrole nitrogens is 1. The molecule has 0 spiro atoms. The molecule has 13 heavy (non-hydrogen) atoms. The van der Waals surface area contributed by atoms with Crippen molar-refractivity contribution >= 4 is 21.8 Å². The Balaban J connectivity index is 2.31. The first-order chi connectivity index (χ1) is 6.24. The van der Waals surface area contributed by atoms with Crippen LogP contribution < -0.4 is 5.32 Å². The summed E-state index contributed by atoms with van der Waals surface area (Å²) in [6, 6.07) is 1.94. The second-order valence-corrected chi connectivity index (χ2v) is 3.92.